The van der Waals surface area contributed by atoms with Crippen molar-refractivity contribution in [2.24, 2.45) is 5.92 Å². The van der Waals surface area contributed by atoms with Gasteiger partial charge < -0.3 is 10.6 Å². The van der Waals surface area contributed by atoms with Crippen molar-refractivity contribution in [1.82, 2.24) is 10.6 Å². The van der Waals surface area contributed by atoms with Gasteiger partial charge in [0.2, 0.25) is 0 Å². The summed E-state index contributed by atoms with van der Waals surface area (Å²) in [4.78, 5) is 12.4. The maximum absolute atomic E-state index is 12.4. The predicted octanol–water partition coefficient (Wildman–Crippen LogP) is 2.26. The third-order valence-corrected chi connectivity index (χ3v) is 4.56. The fraction of sp³-hybridized carbons (Fsp3) is 0.933. The zero-order chi connectivity index (χ0) is 12.8. The average Bonchev–Trinajstić information content (AvgIpc) is 2.61. The maximum atomic E-state index is 12.4. The Bertz CT molecular complexity index is 267. The van der Waals surface area contributed by atoms with E-state index < -0.39 is 0 Å². The van der Waals surface area contributed by atoms with Gasteiger partial charge >= 0.3 is 0 Å². The molecular weight excluding hydrogens is 224 g/mol. The molecule has 2 fully saturated rings. The molecule has 3 unspecified atom stereocenters. The molecule has 0 amide bonds. The van der Waals surface area contributed by atoms with Crippen LogP contribution in [-0.2, 0) is 4.79 Å². The zero-order valence-electron chi connectivity index (χ0n) is 11.7. The number of hydrogen-bond donors (Lipinski definition) is 2. The number of carbonyl (C=O) groups excluding carboxylic acids is 1. The molecule has 2 aliphatic rings. The van der Waals surface area contributed by atoms with Crippen LogP contribution in [0.4, 0.5) is 0 Å². The first kappa shape index (κ1) is 14.0. The third-order valence-electron chi connectivity index (χ3n) is 4.56. The lowest BCUT2D eigenvalue weighted by Gasteiger charge is -2.20. The fourth-order valence-corrected chi connectivity index (χ4v) is 3.50. The summed E-state index contributed by atoms with van der Waals surface area (Å²) in [6, 6.07) is 0.655. The molecular formula is C15H28N2O. The molecule has 3 atom stereocenters. The van der Waals surface area contributed by atoms with Crippen LogP contribution in [0.15, 0.2) is 0 Å². The summed E-state index contributed by atoms with van der Waals surface area (Å²) in [6.45, 7) is 1.06. The summed E-state index contributed by atoms with van der Waals surface area (Å²) < 4.78 is 0. The number of rotatable bonds is 5. The van der Waals surface area contributed by atoms with Crippen LogP contribution in [-0.4, -0.2) is 31.5 Å². The summed E-state index contributed by atoms with van der Waals surface area (Å²) in [5.41, 5.74) is 0. The van der Waals surface area contributed by atoms with Crippen molar-refractivity contribution in [2.75, 3.05) is 13.6 Å². The van der Waals surface area contributed by atoms with E-state index in [2.05, 4.69) is 10.6 Å². The van der Waals surface area contributed by atoms with E-state index in [9.17, 15) is 4.79 Å². The number of Topliss-reactive ketones (excluding diaryl/α,β-unsaturated/α-hetero) is 1. The molecule has 1 aliphatic heterocycles. The van der Waals surface area contributed by atoms with E-state index in [1.165, 1.54) is 38.5 Å². The summed E-state index contributed by atoms with van der Waals surface area (Å²) in [5, 5.41) is 6.78. The summed E-state index contributed by atoms with van der Waals surface area (Å²) in [6.07, 6.45) is 10.9. The lowest BCUT2D eigenvalue weighted by molar-refractivity contribution is -0.122. The first-order chi connectivity index (χ1) is 8.83. The number of nitrogens with one attached hydrogen (secondary N) is 2. The van der Waals surface area contributed by atoms with Crippen LogP contribution in [0.25, 0.3) is 0 Å². The second kappa shape index (κ2) is 7.25. The normalized spacial score (nSPS) is 32.9. The topological polar surface area (TPSA) is 41.1 Å². The summed E-state index contributed by atoms with van der Waals surface area (Å²) >= 11 is 0. The van der Waals surface area contributed by atoms with Crippen LogP contribution >= 0.6 is 0 Å². The lowest BCUT2D eigenvalue weighted by Crippen LogP contribution is -2.32. The Morgan fingerprint density at radius 1 is 1.17 bits per heavy atom. The Balaban J connectivity index is 1.81. The molecule has 0 bridgehead atoms. The molecule has 0 aromatic carbocycles. The highest BCUT2D eigenvalue weighted by atomic mass is 16.1. The third kappa shape index (κ3) is 3.55. The van der Waals surface area contributed by atoms with Crippen LogP contribution in [0.3, 0.4) is 0 Å². The van der Waals surface area contributed by atoms with E-state index in [0.29, 0.717) is 17.7 Å². The quantitative estimate of drug-likeness (QED) is 0.737. The second-order valence-corrected chi connectivity index (χ2v) is 5.93. The summed E-state index contributed by atoms with van der Waals surface area (Å²) in [7, 11) is 1.99. The van der Waals surface area contributed by atoms with E-state index in [1.807, 2.05) is 7.05 Å². The Morgan fingerprint density at radius 3 is 2.72 bits per heavy atom. The van der Waals surface area contributed by atoms with E-state index in [-0.39, 0.29) is 6.04 Å². The molecule has 1 aliphatic carbocycles. The van der Waals surface area contributed by atoms with Crippen LogP contribution in [0.2, 0.25) is 0 Å². The minimum Gasteiger partial charge on any atom is -0.320 e. The van der Waals surface area contributed by atoms with E-state index in [4.69, 9.17) is 0 Å². The van der Waals surface area contributed by atoms with Gasteiger partial charge in [-0.15, -0.1) is 0 Å². The number of ketones is 1. The van der Waals surface area contributed by atoms with Gasteiger partial charge in [-0.25, -0.2) is 0 Å². The molecule has 0 radical (unpaired) electrons. The first-order valence-corrected chi connectivity index (χ1v) is 7.77. The van der Waals surface area contributed by atoms with E-state index >= 15 is 0 Å². The van der Waals surface area contributed by atoms with Gasteiger partial charge in [0, 0.05) is 12.0 Å². The number of unbranched alkanes of at least 4 members (excludes halogenated alkanes) is 1. The second-order valence-electron chi connectivity index (χ2n) is 5.93. The van der Waals surface area contributed by atoms with Crippen molar-refractivity contribution >= 4 is 5.78 Å². The highest BCUT2D eigenvalue weighted by Gasteiger charge is 2.40. The highest BCUT2D eigenvalue weighted by Crippen LogP contribution is 2.30. The molecule has 18 heavy (non-hydrogen) atoms. The van der Waals surface area contributed by atoms with E-state index in [1.54, 1.807) is 0 Å². The van der Waals surface area contributed by atoms with Gasteiger partial charge in [-0.1, -0.05) is 32.1 Å². The Morgan fingerprint density at radius 2 is 1.94 bits per heavy atom. The van der Waals surface area contributed by atoms with Gasteiger partial charge in [0.25, 0.3) is 0 Å². The van der Waals surface area contributed by atoms with Gasteiger partial charge in [-0.05, 0) is 39.3 Å². The van der Waals surface area contributed by atoms with Gasteiger partial charge in [0.05, 0.1) is 6.04 Å². The standard InChI is InChI=1S/C15H28N2O/c1-16-11-7-6-10-14-15(18)12-8-4-2-3-5-9-13(12)17-14/h12-14,16-17H,2-11H2,1H3. The lowest BCUT2D eigenvalue weighted by atomic mass is 9.86. The Kier molecular flexibility index (Phi) is 5.64. The van der Waals surface area contributed by atoms with Crippen LogP contribution in [0, 0.1) is 5.92 Å². The molecule has 2 rings (SSSR count). The minimum atomic E-state index is 0.162. The largest absolute Gasteiger partial charge is 0.320 e. The van der Waals surface area contributed by atoms with Crippen molar-refractivity contribution in [1.29, 1.82) is 0 Å². The zero-order valence-corrected chi connectivity index (χ0v) is 11.7. The van der Waals surface area contributed by atoms with Crippen molar-refractivity contribution in [3.8, 4) is 0 Å². The average molecular weight is 252 g/mol. The van der Waals surface area contributed by atoms with Crippen molar-refractivity contribution in [3.63, 3.8) is 0 Å². The first-order valence-electron chi connectivity index (χ1n) is 7.77. The number of fused-ring (bicyclic) bond motifs is 1. The van der Waals surface area contributed by atoms with Gasteiger partial charge in [-0.2, -0.15) is 0 Å². The molecule has 3 heteroatoms. The smallest absolute Gasteiger partial charge is 0.154 e. The SMILES string of the molecule is CNCCCCC1NC2CCCCCCC2C1=O. The minimum absolute atomic E-state index is 0.162. The van der Waals surface area contributed by atoms with Crippen molar-refractivity contribution in [2.45, 2.75) is 69.9 Å². The van der Waals surface area contributed by atoms with Crippen LogP contribution < -0.4 is 10.6 Å². The van der Waals surface area contributed by atoms with Crippen molar-refractivity contribution in [3.05, 3.63) is 0 Å². The number of carbonyl (C=O) groups is 1. The maximum Gasteiger partial charge on any atom is 0.154 e. The molecule has 1 saturated carbocycles. The molecule has 1 heterocycles. The van der Waals surface area contributed by atoms with Crippen LogP contribution in [0.5, 0.6) is 0 Å². The molecule has 3 nitrogen and oxygen atoms in total. The van der Waals surface area contributed by atoms with Gasteiger partial charge in [0.15, 0.2) is 5.78 Å². The molecule has 1 saturated heterocycles. The number of hydrogen-bond acceptors (Lipinski definition) is 3. The van der Waals surface area contributed by atoms with Crippen molar-refractivity contribution < 1.29 is 4.79 Å². The molecule has 0 spiro atoms. The molecule has 2 N–H and O–H groups in total. The molecule has 0 aromatic heterocycles. The van der Waals surface area contributed by atoms with Gasteiger partial charge in [0.1, 0.15) is 0 Å². The molecule has 0 aromatic rings. The van der Waals surface area contributed by atoms with Crippen LogP contribution in [0.1, 0.15) is 57.8 Å². The predicted molar refractivity (Wildman–Crippen MR) is 74.7 cm³/mol. The summed E-state index contributed by atoms with van der Waals surface area (Å²) in [5.74, 6) is 0.853. The molecule has 104 valence electrons. The van der Waals surface area contributed by atoms with Gasteiger partial charge in [-0.3, -0.25) is 4.79 Å². The highest BCUT2D eigenvalue weighted by molar-refractivity contribution is 5.89. The monoisotopic (exact) mass is 252 g/mol. The fourth-order valence-electron chi connectivity index (χ4n) is 3.50. The Labute approximate surface area is 111 Å². The Hall–Kier alpha value is -0.410. The van der Waals surface area contributed by atoms with E-state index in [0.717, 1.165) is 25.8 Å².